The van der Waals surface area contributed by atoms with Crippen LogP contribution in [0.2, 0.25) is 0 Å². The molecule has 188 valence electrons. The Morgan fingerprint density at radius 3 is 2.17 bits per heavy atom. The molecule has 0 aliphatic carbocycles. The standard InChI is InChI=1S/C21H16BrN3O6S5/c1-4-25-11(19-32-13(16(26)30-2)14(33-19)17(27)31-3)15(34-20-12(25)18(28)35-36-20)24-21(29)23-10-7-5-9(22)6-8-10/h5-8H,4H2,1-3H3,(H,23,29)/b24-15-. The molecule has 1 aromatic heterocycles. The minimum atomic E-state index is -0.690. The first-order valence-electron chi connectivity index (χ1n) is 10.0. The largest absolute Gasteiger partial charge is 0.465 e. The van der Waals surface area contributed by atoms with E-state index in [1.807, 2.05) is 6.92 Å². The van der Waals surface area contributed by atoms with Gasteiger partial charge < -0.3 is 19.7 Å². The predicted molar refractivity (Wildman–Crippen MR) is 151 cm³/mol. The fourth-order valence-electron chi connectivity index (χ4n) is 3.10. The number of nitrogens with one attached hydrogen (secondary N) is 1. The highest BCUT2D eigenvalue weighted by atomic mass is 79.9. The molecule has 2 amide bonds. The minimum Gasteiger partial charge on any atom is -0.465 e. The molecular formula is C21H16BrN3O6S5. The highest BCUT2D eigenvalue weighted by Gasteiger charge is 2.39. The molecule has 0 radical (unpaired) electrons. The van der Waals surface area contributed by atoms with Gasteiger partial charge in [-0.1, -0.05) is 61.6 Å². The van der Waals surface area contributed by atoms with Gasteiger partial charge >= 0.3 is 18.0 Å². The lowest BCUT2D eigenvalue weighted by Crippen LogP contribution is -2.33. The average molecular weight is 647 g/mol. The van der Waals surface area contributed by atoms with Gasteiger partial charge in [0.15, 0.2) is 0 Å². The van der Waals surface area contributed by atoms with Crippen molar-refractivity contribution in [2.75, 3.05) is 31.0 Å². The Morgan fingerprint density at radius 2 is 1.61 bits per heavy atom. The zero-order valence-corrected chi connectivity index (χ0v) is 24.4. The Bertz CT molecular complexity index is 1370. The maximum atomic E-state index is 12.9. The second-order valence-corrected chi connectivity index (χ2v) is 13.4. The molecule has 15 heteroatoms. The number of benzene rings is 1. The van der Waals surface area contributed by atoms with E-state index in [1.165, 1.54) is 36.3 Å². The third-order valence-electron chi connectivity index (χ3n) is 4.66. The zero-order chi connectivity index (χ0) is 26.0. The number of carbonyl (C=O) groups excluding carboxylic acids is 3. The quantitative estimate of drug-likeness (QED) is 0.328. The van der Waals surface area contributed by atoms with Gasteiger partial charge in [-0.3, -0.25) is 4.79 Å². The maximum Gasteiger partial charge on any atom is 0.346 e. The second-order valence-electron chi connectivity index (χ2n) is 6.77. The third-order valence-corrected chi connectivity index (χ3v) is 11.4. The van der Waals surface area contributed by atoms with Crippen molar-refractivity contribution in [1.29, 1.82) is 0 Å². The van der Waals surface area contributed by atoms with Crippen LogP contribution in [0.3, 0.4) is 0 Å². The van der Waals surface area contributed by atoms with Crippen molar-refractivity contribution < 1.29 is 23.9 Å². The Morgan fingerprint density at radius 1 is 1.00 bits per heavy atom. The van der Waals surface area contributed by atoms with Crippen LogP contribution in [0.1, 0.15) is 6.92 Å². The number of anilines is 2. The number of methoxy groups -OCH3 is 2. The minimum absolute atomic E-state index is 0.0674. The van der Waals surface area contributed by atoms with Crippen LogP contribution in [0.5, 0.6) is 0 Å². The number of carbonyl (C=O) groups is 3. The summed E-state index contributed by atoms with van der Waals surface area (Å²) in [6.45, 7) is 2.25. The van der Waals surface area contributed by atoms with Gasteiger partial charge in [0.2, 0.25) is 0 Å². The summed E-state index contributed by atoms with van der Waals surface area (Å²) in [5.41, 5.74) is 1.50. The number of halogens is 1. The Hall–Kier alpha value is -2.04. The number of esters is 2. The van der Waals surface area contributed by atoms with Gasteiger partial charge in [-0.15, -0.1) is 0 Å². The average Bonchev–Trinajstić information content (AvgIpc) is 3.47. The summed E-state index contributed by atoms with van der Waals surface area (Å²) in [6, 6.07) is 6.43. The molecule has 2 aromatic rings. The number of thioether (sulfide) groups is 3. The SMILES string of the molecule is CCN1C(=C2SC(C(=O)OC)=C(C(=O)OC)S2)/C(=N/C(=O)Nc2ccc(Br)cc2)Sc2ssc(=O)c21. The molecule has 36 heavy (non-hydrogen) atoms. The highest BCUT2D eigenvalue weighted by Crippen LogP contribution is 2.55. The van der Waals surface area contributed by atoms with Crippen LogP contribution in [-0.2, 0) is 19.1 Å². The van der Waals surface area contributed by atoms with E-state index in [4.69, 9.17) is 9.47 Å². The number of aliphatic imine (C=N–C) groups is 1. The molecule has 1 N–H and O–H groups in total. The van der Waals surface area contributed by atoms with Gasteiger partial charge in [0.1, 0.15) is 24.8 Å². The van der Waals surface area contributed by atoms with Crippen LogP contribution >= 0.6 is 71.9 Å². The summed E-state index contributed by atoms with van der Waals surface area (Å²) >= 11 is 6.59. The van der Waals surface area contributed by atoms with E-state index in [-0.39, 0.29) is 14.6 Å². The van der Waals surface area contributed by atoms with Crippen molar-refractivity contribution in [3.8, 4) is 0 Å². The van der Waals surface area contributed by atoms with Crippen molar-refractivity contribution in [3.63, 3.8) is 0 Å². The fourth-order valence-corrected chi connectivity index (χ4v) is 9.76. The van der Waals surface area contributed by atoms with Crippen molar-refractivity contribution in [2.45, 2.75) is 11.1 Å². The molecule has 2 aliphatic rings. The van der Waals surface area contributed by atoms with Crippen LogP contribution in [0, 0.1) is 0 Å². The number of amides is 2. The molecule has 0 unspecified atom stereocenters. The summed E-state index contributed by atoms with van der Waals surface area (Å²) in [6.07, 6.45) is 0. The summed E-state index contributed by atoms with van der Waals surface area (Å²) in [5.74, 6) is -1.38. The van der Waals surface area contributed by atoms with E-state index < -0.39 is 18.0 Å². The van der Waals surface area contributed by atoms with Gasteiger partial charge in [-0.05, 0) is 41.5 Å². The van der Waals surface area contributed by atoms with Gasteiger partial charge in [0, 0.05) is 16.7 Å². The first-order valence-corrected chi connectivity index (χ1v) is 15.4. The highest BCUT2D eigenvalue weighted by molar-refractivity contribution is 9.10. The van der Waals surface area contributed by atoms with Crippen LogP contribution in [-0.4, -0.2) is 43.8 Å². The number of nitrogens with zero attached hydrogens (tertiary/aromatic N) is 2. The maximum absolute atomic E-state index is 12.9. The van der Waals surface area contributed by atoms with Gasteiger partial charge in [-0.25, -0.2) is 14.4 Å². The van der Waals surface area contributed by atoms with Crippen LogP contribution in [0.25, 0.3) is 0 Å². The Balaban J connectivity index is 1.80. The monoisotopic (exact) mass is 645 g/mol. The van der Waals surface area contributed by atoms with Crippen molar-refractivity contribution in [1.82, 2.24) is 0 Å². The number of urea groups is 1. The van der Waals surface area contributed by atoms with Crippen LogP contribution in [0.4, 0.5) is 16.2 Å². The molecule has 0 atom stereocenters. The topological polar surface area (TPSA) is 114 Å². The number of hydrogen-bond acceptors (Lipinski definition) is 12. The lowest BCUT2D eigenvalue weighted by Gasteiger charge is -2.31. The van der Waals surface area contributed by atoms with Crippen molar-refractivity contribution in [3.05, 3.63) is 58.0 Å². The van der Waals surface area contributed by atoms with Crippen LogP contribution < -0.4 is 15.0 Å². The Labute approximate surface area is 233 Å². The normalized spacial score (nSPS) is 16.3. The summed E-state index contributed by atoms with van der Waals surface area (Å²) in [7, 11) is 4.84. The number of hydrogen-bond donors (Lipinski definition) is 1. The summed E-state index contributed by atoms with van der Waals surface area (Å²) < 4.78 is 11.7. The summed E-state index contributed by atoms with van der Waals surface area (Å²) in [5, 5.41) is 3.06. The van der Waals surface area contributed by atoms with E-state index >= 15 is 0 Å². The molecule has 1 aromatic carbocycles. The van der Waals surface area contributed by atoms with E-state index in [0.29, 0.717) is 37.1 Å². The first-order chi connectivity index (χ1) is 17.3. The van der Waals surface area contributed by atoms with Crippen molar-refractivity contribution >= 4 is 106 Å². The second kappa shape index (κ2) is 11.6. The van der Waals surface area contributed by atoms with E-state index in [2.05, 4.69) is 26.2 Å². The van der Waals surface area contributed by atoms with E-state index in [0.717, 1.165) is 38.3 Å². The van der Waals surface area contributed by atoms with Gasteiger partial charge in [0.25, 0.3) is 4.74 Å². The van der Waals surface area contributed by atoms with E-state index in [9.17, 15) is 19.2 Å². The molecule has 4 rings (SSSR count). The first kappa shape index (κ1) is 27.0. The number of rotatable bonds is 4. The molecule has 0 fully saturated rings. The molecule has 2 aliphatic heterocycles. The lowest BCUT2D eigenvalue weighted by atomic mass is 10.3. The molecule has 0 saturated heterocycles. The predicted octanol–water partition coefficient (Wildman–Crippen LogP) is 5.70. The van der Waals surface area contributed by atoms with Crippen LogP contribution in [0.15, 0.2) is 62.5 Å². The van der Waals surface area contributed by atoms with Gasteiger partial charge in [0.05, 0.1) is 24.2 Å². The molecule has 9 nitrogen and oxygen atoms in total. The molecule has 3 heterocycles. The van der Waals surface area contributed by atoms with Crippen molar-refractivity contribution in [2.24, 2.45) is 4.99 Å². The summed E-state index contributed by atoms with van der Waals surface area (Å²) in [4.78, 5) is 56.6. The van der Waals surface area contributed by atoms with Gasteiger partial charge in [-0.2, -0.15) is 4.99 Å². The molecule has 0 saturated carbocycles. The number of ether oxygens (including phenoxy) is 2. The molecular weight excluding hydrogens is 630 g/mol. The lowest BCUT2D eigenvalue weighted by molar-refractivity contribution is -0.138. The fraction of sp³-hybridized carbons (Fsp3) is 0.190. The number of fused-ring (bicyclic) bond motifs is 1. The van der Waals surface area contributed by atoms with E-state index in [1.54, 1.807) is 29.2 Å². The Kier molecular flexibility index (Phi) is 8.67. The molecule has 0 bridgehead atoms. The third kappa shape index (κ3) is 5.45. The smallest absolute Gasteiger partial charge is 0.346 e. The molecule has 0 spiro atoms. The zero-order valence-electron chi connectivity index (χ0n) is 18.8.